The molecule has 0 aromatic heterocycles. The lowest BCUT2D eigenvalue weighted by Crippen LogP contribution is -2.61. The van der Waals surface area contributed by atoms with Crippen molar-refractivity contribution >= 4 is 11.6 Å². The molecule has 8 heteroatoms. The van der Waals surface area contributed by atoms with E-state index < -0.39 is 23.7 Å². The Kier molecular flexibility index (Phi) is 4.49. The molecular formula is C17H19F3N2O3. The molecule has 1 aliphatic heterocycles. The first-order valence-corrected chi connectivity index (χ1v) is 8.10. The van der Waals surface area contributed by atoms with Crippen molar-refractivity contribution < 1.29 is 27.8 Å². The van der Waals surface area contributed by atoms with Gasteiger partial charge in [0.05, 0.1) is 19.4 Å². The number of fused-ring (bicyclic) bond motifs is 1. The third-order valence-corrected chi connectivity index (χ3v) is 4.78. The van der Waals surface area contributed by atoms with E-state index in [2.05, 4.69) is 5.10 Å². The fraction of sp³-hybridized carbons (Fsp3) is 0.529. The van der Waals surface area contributed by atoms with Crippen molar-refractivity contribution in [3.05, 3.63) is 29.8 Å². The van der Waals surface area contributed by atoms with Crippen LogP contribution in [0.4, 0.5) is 13.2 Å². The number of hydrogen-bond acceptors (Lipinski definition) is 4. The monoisotopic (exact) mass is 356 g/mol. The maximum absolute atomic E-state index is 13.6. The lowest BCUT2D eigenvalue weighted by molar-refractivity contribution is -0.317. The van der Waals surface area contributed by atoms with Crippen LogP contribution in [0.1, 0.15) is 31.2 Å². The number of methoxy groups -OCH3 is 1. The van der Waals surface area contributed by atoms with Crippen molar-refractivity contribution in [2.24, 2.45) is 11.0 Å². The molecule has 2 atom stereocenters. The molecule has 0 radical (unpaired) electrons. The lowest BCUT2D eigenvalue weighted by atomic mass is 9.80. The molecule has 1 aromatic carbocycles. The Hall–Kier alpha value is -2.09. The van der Waals surface area contributed by atoms with Crippen molar-refractivity contribution in [1.82, 2.24) is 5.01 Å². The number of rotatable bonds is 3. The minimum absolute atomic E-state index is 0.168. The first kappa shape index (κ1) is 17.7. The zero-order valence-corrected chi connectivity index (χ0v) is 13.7. The Balaban J connectivity index is 1.87. The Morgan fingerprint density at radius 3 is 2.64 bits per heavy atom. The molecule has 5 nitrogen and oxygen atoms in total. The predicted octanol–water partition coefficient (Wildman–Crippen LogP) is 2.88. The van der Waals surface area contributed by atoms with Gasteiger partial charge in [-0.3, -0.25) is 4.79 Å². The summed E-state index contributed by atoms with van der Waals surface area (Å²) in [5, 5.41) is 14.6. The third-order valence-electron chi connectivity index (χ3n) is 4.78. The van der Waals surface area contributed by atoms with E-state index in [9.17, 15) is 23.1 Å². The highest BCUT2D eigenvalue weighted by atomic mass is 19.4. The van der Waals surface area contributed by atoms with Gasteiger partial charge in [-0.25, -0.2) is 0 Å². The van der Waals surface area contributed by atoms with E-state index in [0.29, 0.717) is 30.6 Å². The van der Waals surface area contributed by atoms with Crippen molar-refractivity contribution in [3.63, 3.8) is 0 Å². The van der Waals surface area contributed by atoms with Crippen LogP contribution in [0.2, 0.25) is 0 Å². The Morgan fingerprint density at radius 2 is 2.04 bits per heavy atom. The summed E-state index contributed by atoms with van der Waals surface area (Å²) in [6.45, 7) is 0. The second kappa shape index (κ2) is 6.33. The number of nitrogens with zero attached hydrogens (tertiary/aromatic N) is 2. The van der Waals surface area contributed by atoms with Crippen LogP contribution in [0.3, 0.4) is 0 Å². The zero-order valence-electron chi connectivity index (χ0n) is 13.7. The molecule has 136 valence electrons. The summed E-state index contributed by atoms with van der Waals surface area (Å²) >= 11 is 0. The maximum atomic E-state index is 13.6. The first-order chi connectivity index (χ1) is 11.8. The molecule has 0 saturated heterocycles. The summed E-state index contributed by atoms with van der Waals surface area (Å²) in [4.78, 5) is 12.5. The number of benzene rings is 1. The molecule has 1 aliphatic carbocycles. The van der Waals surface area contributed by atoms with E-state index in [0.717, 1.165) is 0 Å². The van der Waals surface area contributed by atoms with Crippen LogP contribution in [-0.2, 0) is 11.2 Å². The van der Waals surface area contributed by atoms with Gasteiger partial charge < -0.3 is 9.84 Å². The van der Waals surface area contributed by atoms with Crippen molar-refractivity contribution in [1.29, 1.82) is 0 Å². The normalized spacial score (nSPS) is 26.2. The highest BCUT2D eigenvalue weighted by Gasteiger charge is 2.68. The second-order valence-corrected chi connectivity index (χ2v) is 6.34. The molecular weight excluding hydrogens is 337 g/mol. The van der Waals surface area contributed by atoms with Gasteiger partial charge in [-0.1, -0.05) is 18.6 Å². The number of ether oxygens (including phenoxy) is 1. The number of halogens is 3. The van der Waals surface area contributed by atoms with Crippen molar-refractivity contribution in [2.75, 3.05) is 7.11 Å². The minimum Gasteiger partial charge on any atom is -0.497 e. The van der Waals surface area contributed by atoms with E-state index in [1.165, 1.54) is 7.11 Å². The summed E-state index contributed by atoms with van der Waals surface area (Å²) < 4.78 is 45.9. The smallest absolute Gasteiger partial charge is 0.439 e. The molecule has 0 bridgehead atoms. The van der Waals surface area contributed by atoms with Crippen LogP contribution >= 0.6 is 0 Å². The molecule has 0 unspecified atom stereocenters. The van der Waals surface area contributed by atoms with Crippen LogP contribution < -0.4 is 4.74 Å². The number of aliphatic hydroxyl groups is 1. The zero-order chi connectivity index (χ0) is 18.2. The average molecular weight is 356 g/mol. The van der Waals surface area contributed by atoms with E-state index in [1.807, 2.05) is 0 Å². The summed E-state index contributed by atoms with van der Waals surface area (Å²) in [7, 11) is 1.49. The quantitative estimate of drug-likeness (QED) is 0.906. The first-order valence-electron chi connectivity index (χ1n) is 8.10. The summed E-state index contributed by atoms with van der Waals surface area (Å²) in [5.74, 6) is -1.48. The van der Waals surface area contributed by atoms with Gasteiger partial charge >= 0.3 is 6.18 Å². The molecule has 2 aliphatic rings. The number of amides is 1. The van der Waals surface area contributed by atoms with Crippen LogP contribution in [0.15, 0.2) is 29.4 Å². The fourth-order valence-corrected chi connectivity index (χ4v) is 3.46. The molecule has 1 heterocycles. The van der Waals surface area contributed by atoms with Crippen LogP contribution in [0, 0.1) is 5.92 Å². The Bertz CT molecular complexity index is 687. The molecule has 3 rings (SSSR count). The number of carbonyl (C=O) groups excluding carboxylic acids is 1. The topological polar surface area (TPSA) is 62.1 Å². The van der Waals surface area contributed by atoms with Gasteiger partial charge in [-0.2, -0.15) is 23.3 Å². The Labute approximate surface area is 143 Å². The fourth-order valence-electron chi connectivity index (χ4n) is 3.46. The number of carbonyl (C=O) groups is 1. The predicted molar refractivity (Wildman–Crippen MR) is 83.9 cm³/mol. The summed E-state index contributed by atoms with van der Waals surface area (Å²) in [5.41, 5.74) is -2.48. The summed E-state index contributed by atoms with van der Waals surface area (Å²) in [6, 6.07) is 6.43. The van der Waals surface area contributed by atoms with Crippen LogP contribution in [0.25, 0.3) is 0 Å². The molecule has 25 heavy (non-hydrogen) atoms. The standard InChI is InChI=1S/C17H19F3N2O3/c1-25-12-8-6-11(7-9-12)10-15(23)22-16(24,17(18,19)20)13-4-2-3-5-14(13)21-22/h6-9,13,24H,2-5,10H2,1H3/t13-,16+/m0/s1. The van der Waals surface area contributed by atoms with Crippen LogP contribution in [0.5, 0.6) is 5.75 Å². The molecule has 1 fully saturated rings. The van der Waals surface area contributed by atoms with Gasteiger partial charge in [0.1, 0.15) is 5.75 Å². The summed E-state index contributed by atoms with van der Waals surface area (Å²) in [6.07, 6.45) is -3.44. The largest absolute Gasteiger partial charge is 0.497 e. The molecule has 1 aromatic rings. The number of hydrogen-bond donors (Lipinski definition) is 1. The van der Waals surface area contributed by atoms with Crippen LogP contribution in [-0.4, -0.2) is 40.7 Å². The highest BCUT2D eigenvalue weighted by molar-refractivity contribution is 5.93. The molecule has 1 amide bonds. The van der Waals surface area contributed by atoms with Crippen molar-refractivity contribution in [3.8, 4) is 5.75 Å². The third kappa shape index (κ3) is 2.99. The minimum atomic E-state index is -4.98. The number of hydrazone groups is 1. The molecule has 1 saturated carbocycles. The average Bonchev–Trinajstić information content (AvgIpc) is 2.90. The number of alkyl halides is 3. The van der Waals surface area contributed by atoms with Gasteiger partial charge in [0.2, 0.25) is 5.91 Å². The second-order valence-electron chi connectivity index (χ2n) is 6.34. The maximum Gasteiger partial charge on any atom is 0.439 e. The van der Waals surface area contributed by atoms with Gasteiger partial charge in [-0.05, 0) is 37.0 Å². The van der Waals surface area contributed by atoms with Gasteiger partial charge in [0, 0.05) is 5.71 Å². The van der Waals surface area contributed by atoms with E-state index in [1.54, 1.807) is 24.3 Å². The van der Waals surface area contributed by atoms with Gasteiger partial charge in [-0.15, -0.1) is 0 Å². The van der Waals surface area contributed by atoms with E-state index >= 15 is 0 Å². The lowest BCUT2D eigenvalue weighted by Gasteiger charge is -2.38. The van der Waals surface area contributed by atoms with Gasteiger partial charge in [0.15, 0.2) is 0 Å². The van der Waals surface area contributed by atoms with Crippen molar-refractivity contribution in [2.45, 2.75) is 44.0 Å². The highest BCUT2D eigenvalue weighted by Crippen LogP contribution is 2.48. The van der Waals surface area contributed by atoms with Gasteiger partial charge in [0.25, 0.3) is 5.72 Å². The van der Waals surface area contributed by atoms with E-state index in [4.69, 9.17) is 4.74 Å². The Morgan fingerprint density at radius 1 is 1.36 bits per heavy atom. The van der Waals surface area contributed by atoms with E-state index in [-0.39, 0.29) is 23.6 Å². The molecule has 0 spiro atoms. The molecule has 1 N–H and O–H groups in total. The SMILES string of the molecule is COc1ccc(CC(=O)N2N=C3CCCC[C@@H]3[C@@]2(O)C(F)(F)F)cc1.